The van der Waals surface area contributed by atoms with Crippen molar-refractivity contribution >= 4 is 29.6 Å². The summed E-state index contributed by atoms with van der Waals surface area (Å²) in [5, 5.41) is 44.2. The predicted octanol–water partition coefficient (Wildman–Crippen LogP) is -4.00. The molecule has 0 spiro atoms. The summed E-state index contributed by atoms with van der Waals surface area (Å²) >= 11 is 0. The zero-order valence-corrected chi connectivity index (χ0v) is 9.54. The smallest absolute Gasteiger partial charge is 0.111 e. The summed E-state index contributed by atoms with van der Waals surface area (Å²) in [7, 11) is 0. The van der Waals surface area contributed by atoms with E-state index in [2.05, 4.69) is 0 Å². The van der Waals surface area contributed by atoms with Crippen molar-refractivity contribution in [2.24, 2.45) is 5.73 Å². The van der Waals surface area contributed by atoms with Crippen molar-refractivity contribution in [1.29, 1.82) is 0 Å². The minimum absolute atomic E-state index is 0. The summed E-state index contributed by atoms with van der Waals surface area (Å²) in [6.45, 7) is -0.911. The molecule has 0 saturated carbocycles. The number of aliphatic hydroxyl groups excluding tert-OH is 5. The fourth-order valence-electron chi connectivity index (χ4n) is 0.703. The van der Waals surface area contributed by atoms with Crippen LogP contribution in [0.25, 0.3) is 0 Å². The van der Waals surface area contributed by atoms with Crippen LogP contribution in [0.5, 0.6) is 0 Å². The van der Waals surface area contributed by atoms with Crippen molar-refractivity contribution in [3.63, 3.8) is 0 Å². The van der Waals surface area contributed by atoms with Gasteiger partial charge in [0.2, 0.25) is 0 Å². The van der Waals surface area contributed by atoms with Crippen LogP contribution in [-0.4, -0.2) is 92.7 Å². The maximum Gasteiger partial charge on any atom is 0.111 e. The molecular formula is C6H15NNaO5. The monoisotopic (exact) mass is 204 g/mol. The third-order valence-corrected chi connectivity index (χ3v) is 1.57. The molecule has 0 aromatic rings. The van der Waals surface area contributed by atoms with Crippen molar-refractivity contribution in [2.45, 2.75) is 24.4 Å². The van der Waals surface area contributed by atoms with Crippen LogP contribution >= 0.6 is 0 Å². The molecule has 0 aliphatic carbocycles. The molecule has 0 rings (SSSR count). The molecule has 1 radical (unpaired) electrons. The van der Waals surface area contributed by atoms with E-state index in [0.29, 0.717) is 0 Å². The summed E-state index contributed by atoms with van der Waals surface area (Å²) in [4.78, 5) is 0. The van der Waals surface area contributed by atoms with Gasteiger partial charge in [-0.15, -0.1) is 0 Å². The zero-order chi connectivity index (χ0) is 9.72. The summed E-state index contributed by atoms with van der Waals surface area (Å²) in [5.74, 6) is 0. The van der Waals surface area contributed by atoms with E-state index in [4.69, 9.17) is 31.3 Å². The van der Waals surface area contributed by atoms with Crippen LogP contribution in [0.2, 0.25) is 0 Å². The van der Waals surface area contributed by atoms with Gasteiger partial charge in [0.15, 0.2) is 0 Å². The second kappa shape index (κ2) is 8.10. The molecule has 0 fully saturated rings. The Bertz CT molecular complexity index is 114. The van der Waals surface area contributed by atoms with Gasteiger partial charge in [0, 0.05) is 36.1 Å². The van der Waals surface area contributed by atoms with Crippen LogP contribution in [0, 0.1) is 0 Å². The first-order chi connectivity index (χ1) is 5.54. The summed E-state index contributed by atoms with van der Waals surface area (Å²) in [6, 6.07) is 0. The van der Waals surface area contributed by atoms with Gasteiger partial charge < -0.3 is 31.3 Å². The molecule has 4 atom stereocenters. The molecule has 0 saturated heterocycles. The van der Waals surface area contributed by atoms with E-state index >= 15 is 0 Å². The van der Waals surface area contributed by atoms with Crippen LogP contribution < -0.4 is 5.73 Å². The molecule has 0 aliphatic heterocycles. The van der Waals surface area contributed by atoms with E-state index in [1.807, 2.05) is 0 Å². The fraction of sp³-hybridized carbons (Fsp3) is 1.00. The molecule has 0 amide bonds. The molecule has 0 unspecified atom stereocenters. The normalized spacial score (nSPS) is 19.8. The summed E-state index contributed by atoms with van der Waals surface area (Å²) in [6.07, 6.45) is -5.91. The Hall–Kier alpha value is 0.760. The third kappa shape index (κ3) is 5.26. The van der Waals surface area contributed by atoms with E-state index in [0.717, 1.165) is 0 Å². The van der Waals surface area contributed by atoms with Crippen LogP contribution in [0.4, 0.5) is 0 Å². The topological polar surface area (TPSA) is 127 Å². The molecule has 0 bridgehead atoms. The Balaban J connectivity index is 0. The Kier molecular flexibility index (Phi) is 10.1. The molecule has 0 aliphatic rings. The van der Waals surface area contributed by atoms with Crippen LogP contribution in [-0.2, 0) is 0 Å². The SMILES string of the molecule is NC[C@H](O)[C@@H](O)[C@H](O)[C@H](O)CO.[Na]. The van der Waals surface area contributed by atoms with Gasteiger partial charge in [0.05, 0.1) is 12.7 Å². The molecule has 0 aromatic carbocycles. The molecule has 0 heterocycles. The predicted molar refractivity (Wildman–Crippen MR) is 45.9 cm³/mol. The van der Waals surface area contributed by atoms with Crippen molar-refractivity contribution in [2.75, 3.05) is 13.2 Å². The minimum atomic E-state index is -1.59. The van der Waals surface area contributed by atoms with E-state index in [-0.39, 0.29) is 36.1 Å². The third-order valence-electron chi connectivity index (χ3n) is 1.57. The first-order valence-electron chi connectivity index (χ1n) is 3.57. The molecule has 7 heteroatoms. The molecule has 0 aromatic heterocycles. The van der Waals surface area contributed by atoms with E-state index in [1.165, 1.54) is 0 Å². The summed E-state index contributed by atoms with van der Waals surface area (Å²) in [5.41, 5.74) is 4.99. The summed E-state index contributed by atoms with van der Waals surface area (Å²) < 4.78 is 0. The number of nitrogens with two attached hydrogens (primary N) is 1. The van der Waals surface area contributed by atoms with Crippen LogP contribution in [0.15, 0.2) is 0 Å². The van der Waals surface area contributed by atoms with E-state index in [1.54, 1.807) is 0 Å². The largest absolute Gasteiger partial charge is 0.394 e. The Morgan fingerprint density at radius 2 is 1.31 bits per heavy atom. The molecule has 7 N–H and O–H groups in total. The average Bonchev–Trinajstić information content (AvgIpc) is 2.12. The van der Waals surface area contributed by atoms with Gasteiger partial charge in [-0.05, 0) is 0 Å². The van der Waals surface area contributed by atoms with Gasteiger partial charge >= 0.3 is 0 Å². The van der Waals surface area contributed by atoms with Crippen molar-refractivity contribution in [3.8, 4) is 0 Å². The molecule has 13 heavy (non-hydrogen) atoms. The number of hydrogen-bond donors (Lipinski definition) is 6. The Morgan fingerprint density at radius 3 is 1.62 bits per heavy atom. The Morgan fingerprint density at radius 1 is 0.923 bits per heavy atom. The van der Waals surface area contributed by atoms with Gasteiger partial charge in [0.25, 0.3) is 0 Å². The van der Waals surface area contributed by atoms with Gasteiger partial charge in [-0.25, -0.2) is 0 Å². The van der Waals surface area contributed by atoms with Crippen molar-refractivity contribution < 1.29 is 25.5 Å². The Labute approximate surface area is 98.3 Å². The number of hydrogen-bond acceptors (Lipinski definition) is 6. The maximum atomic E-state index is 9.04. The van der Waals surface area contributed by atoms with Gasteiger partial charge in [-0.1, -0.05) is 0 Å². The fourth-order valence-corrected chi connectivity index (χ4v) is 0.703. The first kappa shape index (κ1) is 16.2. The van der Waals surface area contributed by atoms with Gasteiger partial charge in [0.1, 0.15) is 18.3 Å². The van der Waals surface area contributed by atoms with Crippen LogP contribution in [0.3, 0.4) is 0 Å². The van der Waals surface area contributed by atoms with Crippen molar-refractivity contribution in [3.05, 3.63) is 0 Å². The maximum absolute atomic E-state index is 9.04. The van der Waals surface area contributed by atoms with Gasteiger partial charge in [-0.2, -0.15) is 0 Å². The number of rotatable bonds is 5. The molecular weight excluding hydrogens is 189 g/mol. The minimum Gasteiger partial charge on any atom is -0.394 e. The van der Waals surface area contributed by atoms with Gasteiger partial charge in [-0.3, -0.25) is 0 Å². The van der Waals surface area contributed by atoms with E-state index < -0.39 is 31.0 Å². The second-order valence-corrected chi connectivity index (χ2v) is 2.53. The first-order valence-corrected chi connectivity index (χ1v) is 3.57. The average molecular weight is 204 g/mol. The zero-order valence-electron chi connectivity index (χ0n) is 7.54. The van der Waals surface area contributed by atoms with Crippen LogP contribution in [0.1, 0.15) is 0 Å². The second-order valence-electron chi connectivity index (χ2n) is 2.53. The molecule has 75 valence electrons. The number of aliphatic hydroxyl groups is 5. The standard InChI is InChI=1S/C6H15NO5.Na/c7-1-3(9)5(11)6(12)4(10)2-8;/h3-6,8-12H,1-2,7H2;/t3-,4+,5+,6+;/m0./s1. The van der Waals surface area contributed by atoms with E-state index in [9.17, 15) is 0 Å². The van der Waals surface area contributed by atoms with Crippen molar-refractivity contribution in [1.82, 2.24) is 0 Å². The molecule has 6 nitrogen and oxygen atoms in total. The quantitative estimate of drug-likeness (QED) is 0.253.